The van der Waals surface area contributed by atoms with Crippen LogP contribution in [-0.2, 0) is 11.8 Å². The summed E-state index contributed by atoms with van der Waals surface area (Å²) in [5, 5.41) is 9.40. The van der Waals surface area contributed by atoms with E-state index in [1.54, 1.807) is 13.1 Å². The summed E-state index contributed by atoms with van der Waals surface area (Å²) in [5.41, 5.74) is 1.56. The minimum atomic E-state index is -0.423. The van der Waals surface area contributed by atoms with Gasteiger partial charge < -0.3 is 4.90 Å². The number of aryl methyl sites for hydroxylation is 1. The highest BCUT2D eigenvalue weighted by Gasteiger charge is 2.30. The molecule has 0 spiro atoms. The maximum absolute atomic E-state index is 13.4. The minimum absolute atomic E-state index is 0.0922. The van der Waals surface area contributed by atoms with Crippen LogP contribution in [-0.4, -0.2) is 43.1 Å². The second-order valence-corrected chi connectivity index (χ2v) is 8.51. The molecule has 0 saturated carbocycles. The Labute approximate surface area is 177 Å². The summed E-state index contributed by atoms with van der Waals surface area (Å²) in [6.07, 6.45) is 2.08. The van der Waals surface area contributed by atoms with Crippen LogP contribution in [0.5, 0.6) is 0 Å². The lowest BCUT2D eigenvalue weighted by Gasteiger charge is -2.22. The number of nitrogens with zero attached hydrogens (tertiary/aromatic N) is 5. The van der Waals surface area contributed by atoms with E-state index in [2.05, 4.69) is 10.2 Å². The standard InChI is InChI=1S/C22H21N5O2S/c1-25-19(28)16-11-5-6-12-17(16)27-21(25)23-24-22(27)30-18(15-9-3-2-4-10-15)20(29)26-13-7-8-14-26/h2-6,9-12,18H,7-8,13-14H2,1H3. The van der Waals surface area contributed by atoms with Crippen molar-refractivity contribution in [3.8, 4) is 0 Å². The van der Waals surface area contributed by atoms with Gasteiger partial charge >= 0.3 is 0 Å². The summed E-state index contributed by atoms with van der Waals surface area (Å²) in [7, 11) is 1.69. The van der Waals surface area contributed by atoms with Gasteiger partial charge in [-0.2, -0.15) is 0 Å². The van der Waals surface area contributed by atoms with Crippen LogP contribution in [0.4, 0.5) is 0 Å². The van der Waals surface area contributed by atoms with Gasteiger partial charge in [0.2, 0.25) is 11.7 Å². The molecular weight excluding hydrogens is 398 g/mol. The Morgan fingerprint density at radius 3 is 2.47 bits per heavy atom. The number of fused-ring (bicyclic) bond motifs is 3. The maximum Gasteiger partial charge on any atom is 0.262 e. The van der Waals surface area contributed by atoms with Gasteiger partial charge in [-0.3, -0.25) is 18.6 Å². The molecule has 1 saturated heterocycles. The molecule has 1 atom stereocenters. The zero-order valence-electron chi connectivity index (χ0n) is 16.6. The van der Waals surface area contributed by atoms with E-state index in [0.717, 1.165) is 37.0 Å². The third kappa shape index (κ3) is 3.08. The normalized spacial score (nSPS) is 15.2. The lowest BCUT2D eigenvalue weighted by atomic mass is 10.1. The minimum Gasteiger partial charge on any atom is -0.341 e. The van der Waals surface area contributed by atoms with Crippen LogP contribution in [0.3, 0.4) is 0 Å². The molecular formula is C22H21N5O2S. The van der Waals surface area contributed by atoms with E-state index in [1.165, 1.54) is 16.3 Å². The molecule has 2 aromatic carbocycles. The Kier molecular flexibility index (Phi) is 4.78. The van der Waals surface area contributed by atoms with Gasteiger partial charge in [0.05, 0.1) is 10.9 Å². The van der Waals surface area contributed by atoms with Crippen molar-refractivity contribution in [2.24, 2.45) is 7.05 Å². The van der Waals surface area contributed by atoms with Crippen LogP contribution < -0.4 is 5.56 Å². The van der Waals surface area contributed by atoms with Gasteiger partial charge in [0, 0.05) is 20.1 Å². The molecule has 30 heavy (non-hydrogen) atoms. The van der Waals surface area contributed by atoms with E-state index in [9.17, 15) is 9.59 Å². The van der Waals surface area contributed by atoms with Gasteiger partial charge in [0.25, 0.3) is 5.56 Å². The first-order valence-electron chi connectivity index (χ1n) is 9.98. The lowest BCUT2D eigenvalue weighted by Crippen LogP contribution is -2.31. The number of likely N-dealkylation sites (tertiary alicyclic amines) is 1. The summed E-state index contributed by atoms with van der Waals surface area (Å²) in [4.78, 5) is 28.0. The summed E-state index contributed by atoms with van der Waals surface area (Å²) in [5.74, 6) is 0.552. The molecule has 7 nitrogen and oxygen atoms in total. The number of carbonyl (C=O) groups excluding carboxylic acids is 1. The number of amides is 1. The van der Waals surface area contributed by atoms with E-state index in [4.69, 9.17) is 0 Å². The fourth-order valence-corrected chi connectivity index (χ4v) is 5.11. The van der Waals surface area contributed by atoms with Gasteiger partial charge in [0.1, 0.15) is 5.25 Å². The van der Waals surface area contributed by atoms with Gasteiger partial charge in [-0.1, -0.05) is 54.2 Å². The van der Waals surface area contributed by atoms with Crippen LogP contribution in [0.25, 0.3) is 16.7 Å². The van der Waals surface area contributed by atoms with Crippen molar-refractivity contribution in [2.75, 3.05) is 13.1 Å². The Bertz CT molecular complexity index is 1290. The van der Waals surface area contributed by atoms with Crippen LogP contribution in [0.1, 0.15) is 23.7 Å². The van der Waals surface area contributed by atoms with Gasteiger partial charge in [-0.15, -0.1) is 10.2 Å². The molecule has 0 N–H and O–H groups in total. The molecule has 152 valence electrons. The monoisotopic (exact) mass is 419 g/mol. The van der Waals surface area contributed by atoms with E-state index < -0.39 is 5.25 Å². The van der Waals surface area contributed by atoms with E-state index >= 15 is 0 Å². The Morgan fingerprint density at radius 2 is 1.70 bits per heavy atom. The highest BCUT2D eigenvalue weighted by molar-refractivity contribution is 8.00. The number of benzene rings is 2. The molecule has 0 bridgehead atoms. The number of rotatable bonds is 4. The van der Waals surface area contributed by atoms with Crippen molar-refractivity contribution >= 4 is 34.3 Å². The highest BCUT2D eigenvalue weighted by Crippen LogP contribution is 2.37. The number of thioether (sulfide) groups is 1. The second-order valence-electron chi connectivity index (χ2n) is 7.44. The van der Waals surface area contributed by atoms with Crippen LogP contribution in [0, 0.1) is 0 Å². The van der Waals surface area contributed by atoms with Crippen LogP contribution >= 0.6 is 11.8 Å². The lowest BCUT2D eigenvalue weighted by molar-refractivity contribution is -0.129. The summed E-state index contributed by atoms with van der Waals surface area (Å²) in [6.45, 7) is 1.58. The second kappa shape index (κ2) is 7.60. The summed E-state index contributed by atoms with van der Waals surface area (Å²) in [6, 6.07) is 17.2. The van der Waals surface area contributed by atoms with Crippen molar-refractivity contribution in [1.29, 1.82) is 0 Å². The van der Waals surface area contributed by atoms with Crippen LogP contribution in [0.2, 0.25) is 0 Å². The molecule has 1 fully saturated rings. The summed E-state index contributed by atoms with van der Waals surface area (Å²) >= 11 is 1.39. The number of hydrogen-bond acceptors (Lipinski definition) is 5. The molecule has 1 unspecified atom stereocenters. The van der Waals surface area contributed by atoms with E-state index in [-0.39, 0.29) is 11.5 Å². The molecule has 5 rings (SSSR count). The van der Waals surface area contributed by atoms with Crippen molar-refractivity contribution < 1.29 is 4.79 Å². The zero-order chi connectivity index (χ0) is 20.7. The van der Waals surface area contributed by atoms with E-state index in [1.807, 2.05) is 57.8 Å². The van der Waals surface area contributed by atoms with Gasteiger partial charge in [-0.05, 0) is 30.5 Å². The molecule has 2 aromatic heterocycles. The van der Waals surface area contributed by atoms with Gasteiger partial charge in [0.15, 0.2) is 5.16 Å². The predicted molar refractivity (Wildman–Crippen MR) is 117 cm³/mol. The maximum atomic E-state index is 13.4. The molecule has 3 heterocycles. The fourth-order valence-electron chi connectivity index (χ4n) is 3.99. The quantitative estimate of drug-likeness (QED) is 0.476. The Hall–Kier alpha value is -3.13. The smallest absolute Gasteiger partial charge is 0.262 e. The predicted octanol–water partition coefficient (Wildman–Crippen LogP) is 3.04. The van der Waals surface area contributed by atoms with Crippen LogP contribution in [0.15, 0.2) is 64.5 Å². The average Bonchev–Trinajstić information content (AvgIpc) is 3.46. The van der Waals surface area contributed by atoms with E-state index in [0.29, 0.717) is 16.3 Å². The molecule has 4 aromatic rings. The first-order valence-corrected chi connectivity index (χ1v) is 10.9. The largest absolute Gasteiger partial charge is 0.341 e. The molecule has 1 amide bonds. The number of para-hydroxylation sites is 1. The van der Waals surface area contributed by atoms with Crippen molar-refractivity contribution in [1.82, 2.24) is 24.1 Å². The molecule has 1 aliphatic heterocycles. The average molecular weight is 420 g/mol. The Balaban J connectivity index is 1.65. The Morgan fingerprint density at radius 1 is 1.00 bits per heavy atom. The summed E-state index contributed by atoms with van der Waals surface area (Å²) < 4.78 is 3.37. The fraction of sp³-hybridized carbons (Fsp3) is 0.273. The number of carbonyl (C=O) groups is 1. The highest BCUT2D eigenvalue weighted by atomic mass is 32.2. The SMILES string of the molecule is Cn1c(=O)c2ccccc2n2c(SC(C(=O)N3CCCC3)c3ccccc3)nnc12. The third-order valence-corrected chi connectivity index (χ3v) is 6.75. The third-order valence-electron chi connectivity index (χ3n) is 5.56. The first kappa shape index (κ1) is 18.9. The number of aromatic nitrogens is 4. The molecule has 1 aliphatic rings. The molecule has 8 heteroatoms. The molecule has 0 radical (unpaired) electrons. The zero-order valence-corrected chi connectivity index (χ0v) is 17.4. The van der Waals surface area contributed by atoms with Crippen molar-refractivity contribution in [3.63, 3.8) is 0 Å². The van der Waals surface area contributed by atoms with Gasteiger partial charge in [-0.25, -0.2) is 0 Å². The molecule has 0 aliphatic carbocycles. The van der Waals surface area contributed by atoms with Crippen molar-refractivity contribution in [2.45, 2.75) is 23.2 Å². The topological polar surface area (TPSA) is 72.5 Å². The van der Waals surface area contributed by atoms with Crippen molar-refractivity contribution in [3.05, 3.63) is 70.5 Å². The number of hydrogen-bond donors (Lipinski definition) is 0. The first-order chi connectivity index (χ1) is 14.6.